The summed E-state index contributed by atoms with van der Waals surface area (Å²) in [5.74, 6) is -1.47. The van der Waals surface area contributed by atoms with Crippen LogP contribution in [0.1, 0.15) is 19.3 Å². The number of anilines is 1. The number of hydrogen-bond acceptors (Lipinski definition) is 2. The standard InChI is InChI=1S/C12H12BrFN2O3/c13-8-6-7(2-3-9(8)14)15-11(19)16-12(10(17)18)4-1-5-12/h2-3,6H,1,4-5H2,(H,17,18)(H2,15,16,19). The van der Waals surface area contributed by atoms with Gasteiger partial charge in [0.05, 0.1) is 4.47 Å². The fourth-order valence-electron chi connectivity index (χ4n) is 1.88. The van der Waals surface area contributed by atoms with Gasteiger partial charge < -0.3 is 15.7 Å². The number of amides is 2. The summed E-state index contributed by atoms with van der Waals surface area (Å²) in [7, 11) is 0. The lowest BCUT2D eigenvalue weighted by Gasteiger charge is -2.38. The third-order valence-electron chi connectivity index (χ3n) is 3.15. The second-order valence-corrected chi connectivity index (χ2v) is 5.30. The number of hydrogen-bond donors (Lipinski definition) is 3. The van der Waals surface area contributed by atoms with Gasteiger partial charge in [-0.25, -0.2) is 14.0 Å². The topological polar surface area (TPSA) is 78.4 Å². The van der Waals surface area contributed by atoms with Crippen LogP contribution in [0.5, 0.6) is 0 Å². The molecule has 7 heteroatoms. The number of urea groups is 1. The molecule has 0 bridgehead atoms. The van der Waals surface area contributed by atoms with E-state index in [4.69, 9.17) is 5.11 Å². The van der Waals surface area contributed by atoms with Gasteiger partial charge in [-0.1, -0.05) is 0 Å². The van der Waals surface area contributed by atoms with Crippen molar-refractivity contribution in [2.45, 2.75) is 24.8 Å². The number of carboxylic acid groups (broad SMARTS) is 1. The van der Waals surface area contributed by atoms with E-state index in [0.717, 1.165) is 6.42 Å². The first-order valence-electron chi connectivity index (χ1n) is 5.70. The number of carbonyl (C=O) groups is 2. The first-order valence-corrected chi connectivity index (χ1v) is 6.50. The number of halogens is 2. The van der Waals surface area contributed by atoms with E-state index >= 15 is 0 Å². The van der Waals surface area contributed by atoms with E-state index in [1.54, 1.807) is 0 Å². The van der Waals surface area contributed by atoms with Crippen LogP contribution in [0.3, 0.4) is 0 Å². The van der Waals surface area contributed by atoms with Crippen LogP contribution in [0.25, 0.3) is 0 Å². The maximum Gasteiger partial charge on any atom is 0.329 e. The van der Waals surface area contributed by atoms with Crippen molar-refractivity contribution in [2.24, 2.45) is 0 Å². The molecule has 5 nitrogen and oxygen atoms in total. The van der Waals surface area contributed by atoms with Gasteiger partial charge in [-0.2, -0.15) is 0 Å². The largest absolute Gasteiger partial charge is 0.480 e. The second kappa shape index (κ2) is 5.16. The van der Waals surface area contributed by atoms with E-state index in [9.17, 15) is 14.0 Å². The summed E-state index contributed by atoms with van der Waals surface area (Å²) in [4.78, 5) is 22.8. The van der Waals surface area contributed by atoms with Crippen molar-refractivity contribution in [3.63, 3.8) is 0 Å². The fourth-order valence-corrected chi connectivity index (χ4v) is 2.26. The molecule has 2 rings (SSSR count). The van der Waals surface area contributed by atoms with Gasteiger partial charge in [0.1, 0.15) is 11.4 Å². The molecule has 0 saturated heterocycles. The van der Waals surface area contributed by atoms with Gasteiger partial charge in [-0.15, -0.1) is 0 Å². The van der Waals surface area contributed by atoms with E-state index < -0.39 is 23.4 Å². The number of benzene rings is 1. The fraction of sp³-hybridized carbons (Fsp3) is 0.333. The highest BCUT2D eigenvalue weighted by atomic mass is 79.9. The van der Waals surface area contributed by atoms with Crippen LogP contribution in [-0.4, -0.2) is 22.6 Å². The van der Waals surface area contributed by atoms with Crippen LogP contribution >= 0.6 is 15.9 Å². The highest BCUT2D eigenvalue weighted by Gasteiger charge is 2.45. The van der Waals surface area contributed by atoms with Crippen molar-refractivity contribution in [3.8, 4) is 0 Å². The second-order valence-electron chi connectivity index (χ2n) is 4.45. The summed E-state index contributed by atoms with van der Waals surface area (Å²) in [6.07, 6.45) is 1.61. The molecule has 0 heterocycles. The van der Waals surface area contributed by atoms with Crippen LogP contribution < -0.4 is 10.6 Å². The molecule has 1 aromatic rings. The zero-order valence-electron chi connectivity index (χ0n) is 9.87. The molecule has 0 aliphatic heterocycles. The molecule has 2 amide bonds. The Hall–Kier alpha value is -1.63. The van der Waals surface area contributed by atoms with Crippen molar-refractivity contribution in [2.75, 3.05) is 5.32 Å². The SMILES string of the molecule is O=C(Nc1ccc(F)c(Br)c1)NC1(C(=O)O)CCC1. The molecular formula is C12H12BrFN2O3. The minimum absolute atomic E-state index is 0.224. The molecule has 0 unspecified atom stereocenters. The van der Waals surface area contributed by atoms with E-state index in [1.807, 2.05) is 0 Å². The average molecular weight is 331 g/mol. The Labute approximate surface area is 117 Å². The summed E-state index contributed by atoms with van der Waals surface area (Å²) in [5.41, 5.74) is -0.785. The molecule has 102 valence electrons. The normalized spacial score (nSPS) is 16.3. The van der Waals surface area contributed by atoms with Crippen molar-refractivity contribution >= 4 is 33.6 Å². The number of carbonyl (C=O) groups excluding carboxylic acids is 1. The van der Waals surface area contributed by atoms with Crippen LogP contribution in [0.4, 0.5) is 14.9 Å². The monoisotopic (exact) mass is 330 g/mol. The molecule has 1 fully saturated rings. The lowest BCUT2D eigenvalue weighted by Crippen LogP contribution is -2.60. The van der Waals surface area contributed by atoms with Crippen LogP contribution in [-0.2, 0) is 4.79 Å². The number of nitrogens with one attached hydrogen (secondary N) is 2. The van der Waals surface area contributed by atoms with Gasteiger partial charge >= 0.3 is 12.0 Å². The van der Waals surface area contributed by atoms with Gasteiger partial charge in [0.25, 0.3) is 0 Å². The maximum absolute atomic E-state index is 13.0. The van der Waals surface area contributed by atoms with E-state index in [0.29, 0.717) is 18.5 Å². The van der Waals surface area contributed by atoms with Crippen LogP contribution in [0, 0.1) is 5.82 Å². The van der Waals surface area contributed by atoms with Gasteiger partial charge in [0.2, 0.25) is 0 Å². The lowest BCUT2D eigenvalue weighted by atomic mass is 9.77. The quantitative estimate of drug-likeness (QED) is 0.797. The Morgan fingerprint density at radius 2 is 2.05 bits per heavy atom. The summed E-state index contributed by atoms with van der Waals surface area (Å²) >= 11 is 3.00. The molecule has 0 spiro atoms. The zero-order valence-corrected chi connectivity index (χ0v) is 11.5. The van der Waals surface area contributed by atoms with Crippen molar-refractivity contribution in [1.29, 1.82) is 0 Å². The first-order chi connectivity index (χ1) is 8.93. The number of aliphatic carboxylic acids is 1. The summed E-state index contributed by atoms with van der Waals surface area (Å²) in [5, 5.41) is 14.0. The van der Waals surface area contributed by atoms with Crippen LogP contribution in [0.15, 0.2) is 22.7 Å². The van der Waals surface area contributed by atoms with E-state index in [-0.39, 0.29) is 4.47 Å². The molecule has 3 N–H and O–H groups in total. The lowest BCUT2D eigenvalue weighted by molar-refractivity contribution is -0.148. The third-order valence-corrected chi connectivity index (χ3v) is 3.75. The van der Waals surface area contributed by atoms with E-state index in [1.165, 1.54) is 18.2 Å². The van der Waals surface area contributed by atoms with Gasteiger partial charge in [0.15, 0.2) is 0 Å². The first kappa shape index (κ1) is 13.8. The average Bonchev–Trinajstić information content (AvgIpc) is 2.28. The van der Waals surface area contributed by atoms with Crippen molar-refractivity contribution in [3.05, 3.63) is 28.5 Å². The van der Waals surface area contributed by atoms with E-state index in [2.05, 4.69) is 26.6 Å². The highest BCUT2D eigenvalue weighted by Crippen LogP contribution is 2.32. The molecule has 0 radical (unpaired) electrons. The maximum atomic E-state index is 13.0. The Morgan fingerprint density at radius 1 is 1.37 bits per heavy atom. The Morgan fingerprint density at radius 3 is 2.53 bits per heavy atom. The summed E-state index contributed by atoms with van der Waals surface area (Å²) in [6.45, 7) is 0. The van der Waals surface area contributed by atoms with Crippen molar-refractivity contribution in [1.82, 2.24) is 5.32 Å². The molecule has 0 aromatic heterocycles. The molecule has 1 aliphatic rings. The molecular weight excluding hydrogens is 319 g/mol. The molecule has 1 aliphatic carbocycles. The predicted octanol–water partition coefficient (Wildman–Crippen LogP) is 2.72. The molecule has 0 atom stereocenters. The Bertz CT molecular complexity index is 532. The number of carboxylic acids is 1. The third kappa shape index (κ3) is 2.86. The predicted molar refractivity (Wildman–Crippen MR) is 70.5 cm³/mol. The number of rotatable bonds is 3. The minimum Gasteiger partial charge on any atom is -0.480 e. The Kier molecular flexibility index (Phi) is 3.75. The molecule has 1 saturated carbocycles. The molecule has 19 heavy (non-hydrogen) atoms. The smallest absolute Gasteiger partial charge is 0.329 e. The van der Waals surface area contributed by atoms with Crippen LogP contribution in [0.2, 0.25) is 0 Å². The van der Waals surface area contributed by atoms with Crippen molar-refractivity contribution < 1.29 is 19.1 Å². The highest BCUT2D eigenvalue weighted by molar-refractivity contribution is 9.10. The van der Waals surface area contributed by atoms with Gasteiger partial charge in [-0.3, -0.25) is 0 Å². The zero-order chi connectivity index (χ0) is 14.0. The molecule has 1 aromatic carbocycles. The summed E-state index contributed by atoms with van der Waals surface area (Å²) in [6, 6.07) is 3.40. The Balaban J connectivity index is 2.01. The minimum atomic E-state index is -1.17. The van der Waals surface area contributed by atoms with Gasteiger partial charge in [-0.05, 0) is 53.4 Å². The summed E-state index contributed by atoms with van der Waals surface area (Å²) < 4.78 is 13.2. The van der Waals surface area contributed by atoms with Gasteiger partial charge in [0, 0.05) is 5.69 Å².